The number of ether oxygens (including phenoxy) is 2. The number of nitrogens with zero attached hydrogens (tertiary/aromatic N) is 2. The Kier molecular flexibility index (Phi) is 8.95. The van der Waals surface area contributed by atoms with Crippen molar-refractivity contribution in [3.05, 3.63) is 52.1 Å². The standard InChI is InChI=1S/C29H37N5O7/c1-29(2,3)19-10-15(11-22(40-6)25(19)41-9-7-8-23(30)36)21(35)14-34-24(27(32)37)16-13-20(33(4)5)18(28(38)39)12-17(16)26(34)31/h10-13,24,31H,7-9,14H2,1-6H3,(H2,30,36)(H2,32,37)(H,38,39). The predicted octanol–water partition coefficient (Wildman–Crippen LogP) is 2.45. The van der Waals surface area contributed by atoms with Gasteiger partial charge >= 0.3 is 5.97 Å². The van der Waals surface area contributed by atoms with Crippen molar-refractivity contribution in [2.24, 2.45) is 11.5 Å². The molecule has 0 fully saturated rings. The molecular weight excluding hydrogens is 530 g/mol. The first kappa shape index (κ1) is 30.9. The molecule has 41 heavy (non-hydrogen) atoms. The minimum atomic E-state index is -1.19. The lowest BCUT2D eigenvalue weighted by Crippen LogP contribution is -2.39. The fourth-order valence-corrected chi connectivity index (χ4v) is 4.79. The number of fused-ring (bicyclic) bond motifs is 1. The molecule has 0 radical (unpaired) electrons. The highest BCUT2D eigenvalue weighted by Crippen LogP contribution is 2.41. The predicted molar refractivity (Wildman–Crippen MR) is 153 cm³/mol. The summed E-state index contributed by atoms with van der Waals surface area (Å²) in [5, 5.41) is 18.5. The number of primary amides is 2. The number of carbonyl (C=O) groups excluding carboxylic acids is 3. The number of anilines is 1. The number of hydrogen-bond acceptors (Lipinski definition) is 8. The van der Waals surface area contributed by atoms with Gasteiger partial charge in [0.2, 0.25) is 11.8 Å². The number of carboxylic acid groups (broad SMARTS) is 1. The molecule has 1 aliphatic rings. The van der Waals surface area contributed by atoms with Crippen molar-refractivity contribution in [1.29, 1.82) is 5.41 Å². The van der Waals surface area contributed by atoms with Gasteiger partial charge in [-0.05, 0) is 41.7 Å². The minimum Gasteiger partial charge on any atom is -0.493 e. The molecule has 2 aromatic rings. The Morgan fingerprint density at radius 2 is 1.76 bits per heavy atom. The first-order valence-corrected chi connectivity index (χ1v) is 13.0. The topological polar surface area (TPSA) is 189 Å². The van der Waals surface area contributed by atoms with Crippen molar-refractivity contribution >= 4 is 35.1 Å². The average Bonchev–Trinajstić information content (AvgIpc) is 3.15. The molecule has 6 N–H and O–H groups in total. The number of amidine groups is 1. The Hall–Kier alpha value is -4.61. The fourth-order valence-electron chi connectivity index (χ4n) is 4.79. The molecule has 0 aromatic heterocycles. The number of nitrogens with one attached hydrogen (secondary N) is 1. The summed E-state index contributed by atoms with van der Waals surface area (Å²) in [6.45, 7) is 5.69. The molecule has 1 unspecified atom stereocenters. The summed E-state index contributed by atoms with van der Waals surface area (Å²) >= 11 is 0. The number of rotatable bonds is 12. The third kappa shape index (κ3) is 6.42. The number of hydrogen-bond donors (Lipinski definition) is 4. The lowest BCUT2D eigenvalue weighted by atomic mass is 9.84. The van der Waals surface area contributed by atoms with E-state index in [2.05, 4.69) is 0 Å². The van der Waals surface area contributed by atoms with E-state index in [9.17, 15) is 24.3 Å². The van der Waals surface area contributed by atoms with E-state index < -0.39 is 35.0 Å². The van der Waals surface area contributed by atoms with E-state index in [-0.39, 0.29) is 42.1 Å². The lowest BCUT2D eigenvalue weighted by molar-refractivity contribution is -0.121. The normalized spacial score (nSPS) is 14.4. The van der Waals surface area contributed by atoms with E-state index in [1.807, 2.05) is 20.8 Å². The van der Waals surface area contributed by atoms with Crippen molar-refractivity contribution in [1.82, 2.24) is 4.90 Å². The van der Waals surface area contributed by atoms with Crippen LogP contribution in [0, 0.1) is 5.41 Å². The summed E-state index contributed by atoms with van der Waals surface area (Å²) in [4.78, 5) is 52.2. The molecule has 1 heterocycles. The number of nitrogens with two attached hydrogens (primary N) is 2. The SMILES string of the molecule is COc1cc(C(=O)CN2C(=N)c3cc(C(=O)O)c(N(C)C)cc3C2C(N)=O)cc(C(C)(C)C)c1OCCCC(N)=O. The second kappa shape index (κ2) is 11.9. The number of carboxylic acids is 1. The maximum atomic E-state index is 13.7. The highest BCUT2D eigenvalue weighted by atomic mass is 16.5. The van der Waals surface area contributed by atoms with Gasteiger partial charge in [0, 0.05) is 37.2 Å². The number of carbonyl (C=O) groups is 4. The van der Waals surface area contributed by atoms with Crippen molar-refractivity contribution in [3.8, 4) is 11.5 Å². The maximum Gasteiger partial charge on any atom is 0.337 e. The Balaban J connectivity index is 2.01. The molecule has 1 atom stereocenters. The van der Waals surface area contributed by atoms with E-state index in [1.165, 1.54) is 30.2 Å². The highest BCUT2D eigenvalue weighted by Gasteiger charge is 2.40. The number of benzene rings is 2. The van der Waals surface area contributed by atoms with Gasteiger partial charge in [-0.25, -0.2) is 4.79 Å². The molecule has 2 amide bonds. The van der Waals surface area contributed by atoms with Crippen LogP contribution in [0.15, 0.2) is 24.3 Å². The average molecular weight is 568 g/mol. The van der Waals surface area contributed by atoms with Crippen LogP contribution in [0.4, 0.5) is 5.69 Å². The second-order valence-corrected chi connectivity index (χ2v) is 11.1. The molecule has 0 saturated heterocycles. The Morgan fingerprint density at radius 3 is 2.27 bits per heavy atom. The molecular formula is C29H37N5O7. The Labute approximate surface area is 238 Å². The van der Waals surface area contributed by atoms with Crippen LogP contribution in [0.25, 0.3) is 0 Å². The largest absolute Gasteiger partial charge is 0.493 e. The molecule has 12 nitrogen and oxygen atoms in total. The molecule has 2 aromatic carbocycles. The molecule has 220 valence electrons. The zero-order chi connectivity index (χ0) is 30.8. The van der Waals surface area contributed by atoms with Gasteiger partial charge in [0.1, 0.15) is 11.9 Å². The van der Waals surface area contributed by atoms with Crippen LogP contribution in [0.1, 0.15) is 77.1 Å². The van der Waals surface area contributed by atoms with Crippen LogP contribution in [-0.2, 0) is 15.0 Å². The number of amides is 2. The summed E-state index contributed by atoms with van der Waals surface area (Å²) in [5.74, 6) is -2.23. The number of aromatic carboxylic acids is 1. The van der Waals surface area contributed by atoms with Gasteiger partial charge in [0.15, 0.2) is 17.3 Å². The van der Waals surface area contributed by atoms with Crippen LogP contribution in [-0.4, -0.2) is 73.8 Å². The zero-order valence-electron chi connectivity index (χ0n) is 24.2. The quantitative estimate of drug-likeness (QED) is 0.220. The molecule has 0 bridgehead atoms. The van der Waals surface area contributed by atoms with Crippen LogP contribution in [0.3, 0.4) is 0 Å². The van der Waals surface area contributed by atoms with Crippen LogP contribution >= 0.6 is 0 Å². The van der Waals surface area contributed by atoms with Crippen molar-refractivity contribution in [2.45, 2.75) is 45.1 Å². The van der Waals surface area contributed by atoms with E-state index >= 15 is 0 Å². The third-order valence-corrected chi connectivity index (χ3v) is 6.83. The summed E-state index contributed by atoms with van der Waals surface area (Å²) < 4.78 is 11.5. The summed E-state index contributed by atoms with van der Waals surface area (Å²) in [5.41, 5.74) is 12.3. The first-order chi connectivity index (χ1) is 19.1. The van der Waals surface area contributed by atoms with Gasteiger partial charge in [-0.15, -0.1) is 0 Å². The van der Waals surface area contributed by atoms with E-state index in [4.69, 9.17) is 26.4 Å². The maximum absolute atomic E-state index is 13.7. The first-order valence-electron chi connectivity index (χ1n) is 13.0. The van der Waals surface area contributed by atoms with E-state index in [0.29, 0.717) is 34.7 Å². The van der Waals surface area contributed by atoms with Crippen molar-refractivity contribution in [2.75, 3.05) is 39.3 Å². The van der Waals surface area contributed by atoms with Crippen LogP contribution in [0.2, 0.25) is 0 Å². The van der Waals surface area contributed by atoms with Gasteiger partial charge in [-0.1, -0.05) is 20.8 Å². The molecule has 3 rings (SSSR count). The summed E-state index contributed by atoms with van der Waals surface area (Å²) in [7, 11) is 4.78. The van der Waals surface area contributed by atoms with Crippen molar-refractivity contribution in [3.63, 3.8) is 0 Å². The van der Waals surface area contributed by atoms with Gasteiger partial charge < -0.3 is 35.8 Å². The minimum absolute atomic E-state index is 0.0409. The smallest absolute Gasteiger partial charge is 0.337 e. The second-order valence-electron chi connectivity index (χ2n) is 11.1. The Bertz CT molecular complexity index is 1410. The monoisotopic (exact) mass is 567 g/mol. The number of Topliss-reactive ketones (excluding diaryl/α,β-unsaturated/α-hetero) is 1. The van der Waals surface area contributed by atoms with Crippen molar-refractivity contribution < 1.29 is 33.8 Å². The summed E-state index contributed by atoms with van der Waals surface area (Å²) in [6.07, 6.45) is 0.576. The van der Waals surface area contributed by atoms with E-state index in [1.54, 1.807) is 25.1 Å². The highest BCUT2D eigenvalue weighted by molar-refractivity contribution is 6.11. The van der Waals surface area contributed by atoms with Crippen LogP contribution in [0.5, 0.6) is 11.5 Å². The number of methoxy groups -OCH3 is 1. The van der Waals surface area contributed by atoms with Gasteiger partial charge in [-0.2, -0.15) is 0 Å². The molecule has 0 spiro atoms. The molecule has 1 aliphatic heterocycles. The van der Waals surface area contributed by atoms with Crippen LogP contribution < -0.4 is 25.8 Å². The number of ketones is 1. The molecule has 0 saturated carbocycles. The zero-order valence-corrected chi connectivity index (χ0v) is 24.2. The van der Waals surface area contributed by atoms with E-state index in [0.717, 1.165) is 0 Å². The summed E-state index contributed by atoms with van der Waals surface area (Å²) in [6, 6.07) is 4.94. The molecule has 12 heteroatoms. The lowest BCUT2D eigenvalue weighted by Gasteiger charge is -2.27. The van der Waals surface area contributed by atoms with Gasteiger partial charge in [-0.3, -0.25) is 19.8 Å². The van der Waals surface area contributed by atoms with Gasteiger partial charge in [0.05, 0.1) is 31.5 Å². The van der Waals surface area contributed by atoms with Gasteiger partial charge in [0.25, 0.3) is 0 Å². The fraction of sp³-hybridized carbons (Fsp3) is 0.414. The molecule has 0 aliphatic carbocycles. The third-order valence-electron chi connectivity index (χ3n) is 6.83. The Morgan fingerprint density at radius 1 is 1.10 bits per heavy atom.